The van der Waals surface area contributed by atoms with Crippen LogP contribution in [-0.4, -0.2) is 14.9 Å². The van der Waals surface area contributed by atoms with Gasteiger partial charge in [0, 0.05) is 6.61 Å². The summed E-state index contributed by atoms with van der Waals surface area (Å²) in [6, 6.07) is 0. The van der Waals surface area contributed by atoms with Gasteiger partial charge in [0.05, 0.1) is 0 Å². The Morgan fingerprint density at radius 1 is 1.20 bits per heavy atom. The van der Waals surface area contributed by atoms with Gasteiger partial charge in [0.2, 0.25) is 0 Å². The molecule has 0 unspecified atom stereocenters. The smallest absolute Gasteiger partial charge is 0.191 e. The maximum atomic E-state index is 6.20. The molecule has 1 nitrogen and oxygen atoms in total. The standard InChI is InChI=1S/C18H34OSi/c1-7-16-13-11-14-17(16)12-9-8-10-15-19-20(5,6)18(2,3)4/h7,9,12,16-17H,1,8,10-11,13-15H2,2-6H3/b12-9-/t16-,17+/m0/s1. The van der Waals surface area contributed by atoms with Gasteiger partial charge < -0.3 is 4.43 Å². The molecule has 2 atom stereocenters. The van der Waals surface area contributed by atoms with Crippen molar-refractivity contribution in [3.8, 4) is 0 Å². The molecule has 1 fully saturated rings. The Morgan fingerprint density at radius 2 is 1.85 bits per heavy atom. The van der Waals surface area contributed by atoms with Crippen molar-refractivity contribution in [2.24, 2.45) is 11.8 Å². The zero-order valence-corrected chi connectivity index (χ0v) is 15.2. The van der Waals surface area contributed by atoms with Gasteiger partial charge in [-0.1, -0.05) is 45.4 Å². The van der Waals surface area contributed by atoms with E-state index < -0.39 is 8.32 Å². The highest BCUT2D eigenvalue weighted by Crippen LogP contribution is 2.36. The summed E-state index contributed by atoms with van der Waals surface area (Å²) < 4.78 is 6.20. The minimum atomic E-state index is -1.54. The molecule has 0 spiro atoms. The lowest BCUT2D eigenvalue weighted by Gasteiger charge is -2.36. The van der Waals surface area contributed by atoms with E-state index in [4.69, 9.17) is 4.43 Å². The van der Waals surface area contributed by atoms with Crippen LogP contribution in [0.4, 0.5) is 0 Å². The van der Waals surface area contributed by atoms with E-state index in [9.17, 15) is 0 Å². The maximum Gasteiger partial charge on any atom is 0.191 e. The molecule has 0 amide bonds. The summed E-state index contributed by atoms with van der Waals surface area (Å²) in [7, 11) is -1.54. The van der Waals surface area contributed by atoms with Crippen LogP contribution in [0.25, 0.3) is 0 Å². The molecule has 20 heavy (non-hydrogen) atoms. The first kappa shape index (κ1) is 17.7. The highest BCUT2D eigenvalue weighted by Gasteiger charge is 2.36. The molecule has 0 N–H and O–H groups in total. The van der Waals surface area contributed by atoms with E-state index in [0.717, 1.165) is 31.3 Å². The summed E-state index contributed by atoms with van der Waals surface area (Å²) in [5.41, 5.74) is 0. The van der Waals surface area contributed by atoms with Gasteiger partial charge in [-0.15, -0.1) is 6.58 Å². The molecule has 1 aliphatic rings. The van der Waals surface area contributed by atoms with E-state index in [-0.39, 0.29) is 0 Å². The van der Waals surface area contributed by atoms with Gasteiger partial charge in [0.1, 0.15) is 0 Å². The molecular formula is C18H34OSi. The highest BCUT2D eigenvalue weighted by atomic mass is 28.4. The Morgan fingerprint density at radius 3 is 2.45 bits per heavy atom. The Labute approximate surface area is 127 Å². The van der Waals surface area contributed by atoms with Crippen LogP contribution in [0, 0.1) is 11.8 Å². The fraction of sp³-hybridized carbons (Fsp3) is 0.778. The van der Waals surface area contributed by atoms with Gasteiger partial charge in [-0.05, 0) is 55.7 Å². The number of unbranched alkanes of at least 4 members (excludes halogenated alkanes) is 1. The van der Waals surface area contributed by atoms with Gasteiger partial charge in [0.25, 0.3) is 0 Å². The van der Waals surface area contributed by atoms with Gasteiger partial charge >= 0.3 is 0 Å². The third kappa shape index (κ3) is 5.21. The van der Waals surface area contributed by atoms with Crippen LogP contribution >= 0.6 is 0 Å². The summed E-state index contributed by atoms with van der Waals surface area (Å²) in [5, 5.41) is 0.323. The van der Waals surface area contributed by atoms with Gasteiger partial charge in [-0.3, -0.25) is 0 Å². The van der Waals surface area contributed by atoms with Crippen molar-refractivity contribution in [1.82, 2.24) is 0 Å². The summed E-state index contributed by atoms with van der Waals surface area (Å²) in [5.74, 6) is 1.46. The third-order valence-electron chi connectivity index (χ3n) is 5.10. The van der Waals surface area contributed by atoms with Crippen LogP contribution in [0.3, 0.4) is 0 Å². The van der Waals surface area contributed by atoms with Crippen molar-refractivity contribution in [2.75, 3.05) is 6.61 Å². The third-order valence-corrected chi connectivity index (χ3v) is 9.63. The Kier molecular flexibility index (Phi) is 6.73. The average molecular weight is 295 g/mol. The largest absolute Gasteiger partial charge is 0.417 e. The van der Waals surface area contributed by atoms with Crippen LogP contribution in [0.2, 0.25) is 18.1 Å². The molecule has 1 aliphatic carbocycles. The van der Waals surface area contributed by atoms with Crippen molar-refractivity contribution in [1.29, 1.82) is 0 Å². The molecule has 0 aromatic heterocycles. The van der Waals surface area contributed by atoms with E-state index in [0.29, 0.717) is 5.04 Å². The fourth-order valence-electron chi connectivity index (χ4n) is 2.57. The molecule has 0 aliphatic heterocycles. The monoisotopic (exact) mass is 294 g/mol. The quantitative estimate of drug-likeness (QED) is 0.320. The van der Waals surface area contributed by atoms with E-state index in [1.807, 2.05) is 0 Å². The summed E-state index contributed by atoms with van der Waals surface area (Å²) in [6.45, 7) is 16.4. The van der Waals surface area contributed by atoms with E-state index in [1.54, 1.807) is 0 Å². The molecule has 0 radical (unpaired) electrons. The van der Waals surface area contributed by atoms with Crippen molar-refractivity contribution in [2.45, 2.75) is 71.0 Å². The van der Waals surface area contributed by atoms with Crippen molar-refractivity contribution >= 4 is 8.32 Å². The van der Waals surface area contributed by atoms with E-state index in [2.05, 4.69) is 58.7 Å². The van der Waals surface area contributed by atoms with Gasteiger partial charge in [-0.25, -0.2) is 0 Å². The van der Waals surface area contributed by atoms with Crippen LogP contribution in [-0.2, 0) is 4.43 Å². The van der Waals surface area contributed by atoms with Crippen LogP contribution in [0.15, 0.2) is 24.8 Å². The molecule has 1 rings (SSSR count). The Hall–Kier alpha value is -0.343. The van der Waals surface area contributed by atoms with Gasteiger partial charge in [-0.2, -0.15) is 0 Å². The lowest BCUT2D eigenvalue weighted by Crippen LogP contribution is -2.40. The number of rotatable bonds is 7. The van der Waals surface area contributed by atoms with Crippen molar-refractivity contribution in [3.05, 3.63) is 24.8 Å². The predicted molar refractivity (Wildman–Crippen MR) is 92.6 cm³/mol. The van der Waals surface area contributed by atoms with Crippen LogP contribution < -0.4 is 0 Å². The second kappa shape index (κ2) is 7.60. The second-order valence-electron chi connectivity index (χ2n) is 7.67. The summed E-state index contributed by atoms with van der Waals surface area (Å²) in [4.78, 5) is 0. The first-order chi connectivity index (χ1) is 9.28. The van der Waals surface area contributed by atoms with Crippen molar-refractivity contribution < 1.29 is 4.43 Å². The molecule has 2 heteroatoms. The second-order valence-corrected chi connectivity index (χ2v) is 12.5. The molecular weight excluding hydrogens is 260 g/mol. The van der Waals surface area contributed by atoms with Crippen molar-refractivity contribution in [3.63, 3.8) is 0 Å². The van der Waals surface area contributed by atoms with Crippen LogP contribution in [0.5, 0.6) is 0 Å². The zero-order valence-electron chi connectivity index (χ0n) is 14.2. The Balaban J connectivity index is 2.21. The lowest BCUT2D eigenvalue weighted by molar-refractivity contribution is 0.283. The van der Waals surface area contributed by atoms with Crippen LogP contribution in [0.1, 0.15) is 52.9 Å². The molecule has 116 valence electrons. The minimum absolute atomic E-state index is 0.323. The molecule has 1 saturated carbocycles. The lowest BCUT2D eigenvalue weighted by atomic mass is 9.95. The number of hydrogen-bond acceptors (Lipinski definition) is 1. The maximum absolute atomic E-state index is 6.20. The number of allylic oxidation sites excluding steroid dienone is 3. The van der Waals surface area contributed by atoms with E-state index >= 15 is 0 Å². The molecule has 0 bridgehead atoms. The Bertz CT molecular complexity index is 325. The molecule has 0 heterocycles. The molecule has 0 aromatic rings. The SMILES string of the molecule is C=C[C@H]1CCC[C@H]1/C=C\CCCO[Si](C)(C)C(C)(C)C. The minimum Gasteiger partial charge on any atom is -0.417 e. The molecule has 0 saturated heterocycles. The molecule has 0 aromatic carbocycles. The predicted octanol–water partition coefficient (Wildman–Crippen LogP) is 5.95. The topological polar surface area (TPSA) is 9.23 Å². The average Bonchev–Trinajstić information content (AvgIpc) is 2.79. The number of hydrogen-bond donors (Lipinski definition) is 0. The first-order valence-electron chi connectivity index (χ1n) is 8.21. The summed E-state index contributed by atoms with van der Waals surface area (Å²) >= 11 is 0. The summed E-state index contributed by atoms with van der Waals surface area (Å²) in [6.07, 6.45) is 13.3. The first-order valence-corrected chi connectivity index (χ1v) is 11.1. The highest BCUT2D eigenvalue weighted by molar-refractivity contribution is 6.74. The van der Waals surface area contributed by atoms with Gasteiger partial charge in [0.15, 0.2) is 8.32 Å². The zero-order chi connectivity index (χ0) is 15.2. The normalized spacial score (nSPS) is 24.4. The van der Waals surface area contributed by atoms with E-state index in [1.165, 1.54) is 19.3 Å². The fourth-order valence-corrected chi connectivity index (χ4v) is 3.65.